The highest BCUT2D eigenvalue weighted by atomic mass is 16.1. The smallest absolute Gasteiger partial charge is 0.295 e. The van der Waals surface area contributed by atoms with Crippen molar-refractivity contribution in [2.75, 3.05) is 0 Å². The Morgan fingerprint density at radius 1 is 0.357 bits per heavy atom. The first-order valence-electron chi connectivity index (χ1n) is 18.8. The van der Waals surface area contributed by atoms with Gasteiger partial charge in [-0.2, -0.15) is 0 Å². The number of imidazole rings is 1. The molecule has 0 fully saturated rings. The molecule has 266 valence electrons. The fourth-order valence-electron chi connectivity index (χ4n) is 8.14. The first kappa shape index (κ1) is 33.2. The largest absolute Gasteiger partial charge is 0.328 e. The van der Waals surface area contributed by atoms with Gasteiger partial charge in [-0.25, -0.2) is 14.8 Å². The molecule has 0 N–H and O–H groups in total. The predicted octanol–water partition coefficient (Wildman–Crippen LogP) is 12.0. The van der Waals surface area contributed by atoms with Gasteiger partial charge in [0.05, 0.1) is 22.4 Å². The monoisotopic (exact) mass is 720 g/mol. The molecule has 2 aromatic heterocycles. The molecule has 8 aromatic carbocycles. The van der Waals surface area contributed by atoms with Crippen molar-refractivity contribution in [2.24, 2.45) is 14.1 Å². The minimum atomic E-state index is -0.0300. The lowest BCUT2D eigenvalue weighted by atomic mass is 9.85. The van der Waals surface area contributed by atoms with Crippen molar-refractivity contribution in [3.05, 3.63) is 192 Å². The van der Waals surface area contributed by atoms with Crippen molar-refractivity contribution in [3.8, 4) is 67.3 Å². The molecule has 5 heteroatoms. The molecular formula is C51H36N4O. The van der Waals surface area contributed by atoms with Gasteiger partial charge in [-0.05, 0) is 73.1 Å². The van der Waals surface area contributed by atoms with Crippen molar-refractivity contribution in [1.29, 1.82) is 0 Å². The Labute approximate surface area is 324 Å². The lowest BCUT2D eigenvalue weighted by molar-refractivity contribution is 0.795. The molecule has 0 saturated carbocycles. The SMILES string of the molecule is Cn1c(=O)n(C)c2cc(-c3c4ccccc4c(-c4ccc(-c5cc(-c6ccc(-c7ccccc7)cc6)nc(-c6ccccc6)n5)cc4)c4ccccc34)ccc21. The molecule has 0 radical (unpaired) electrons. The van der Waals surface area contributed by atoms with Crippen LogP contribution in [0, 0.1) is 0 Å². The van der Waals surface area contributed by atoms with Crippen molar-refractivity contribution in [2.45, 2.75) is 0 Å². The Hall–Kier alpha value is -7.37. The maximum Gasteiger partial charge on any atom is 0.328 e. The van der Waals surface area contributed by atoms with Gasteiger partial charge < -0.3 is 0 Å². The van der Waals surface area contributed by atoms with Crippen LogP contribution in [0.15, 0.2) is 187 Å². The standard InChI is InChI=1S/C51H36N4O/c1-54-46-30-29-39(31-47(46)55(2)51(54)56)49-42-19-11-9-17-40(42)48(41-18-10-12-20-43(41)49)37-27-25-36(26-28-37)45-32-44(52-50(53-45)38-15-7-4-8-16-38)35-23-21-34(22-24-35)33-13-5-3-6-14-33/h3-32H,1-2H3. The number of hydrogen-bond acceptors (Lipinski definition) is 3. The van der Waals surface area contributed by atoms with E-state index in [2.05, 4.69) is 158 Å². The molecule has 0 aliphatic carbocycles. The van der Waals surface area contributed by atoms with E-state index < -0.39 is 0 Å². The fraction of sp³-hybridized carbons (Fsp3) is 0.0392. The molecular weight excluding hydrogens is 685 g/mol. The van der Waals surface area contributed by atoms with Crippen LogP contribution in [0.25, 0.3) is 99.9 Å². The summed E-state index contributed by atoms with van der Waals surface area (Å²) >= 11 is 0. The van der Waals surface area contributed by atoms with Crippen LogP contribution >= 0.6 is 0 Å². The number of benzene rings is 8. The van der Waals surface area contributed by atoms with Crippen molar-refractivity contribution in [1.82, 2.24) is 19.1 Å². The van der Waals surface area contributed by atoms with Crippen LogP contribution in [0.2, 0.25) is 0 Å². The van der Waals surface area contributed by atoms with Gasteiger partial charge in [-0.3, -0.25) is 9.13 Å². The van der Waals surface area contributed by atoms with Gasteiger partial charge in [-0.1, -0.05) is 164 Å². The highest BCUT2D eigenvalue weighted by Gasteiger charge is 2.19. The van der Waals surface area contributed by atoms with Crippen LogP contribution in [0.1, 0.15) is 0 Å². The summed E-state index contributed by atoms with van der Waals surface area (Å²) in [5.41, 5.74) is 13.5. The molecule has 0 spiro atoms. The van der Waals surface area contributed by atoms with Crippen LogP contribution in [0.3, 0.4) is 0 Å². The summed E-state index contributed by atoms with van der Waals surface area (Å²) in [7, 11) is 3.66. The van der Waals surface area contributed by atoms with E-state index in [-0.39, 0.29) is 5.69 Å². The normalized spacial score (nSPS) is 11.5. The Morgan fingerprint density at radius 2 is 0.750 bits per heavy atom. The minimum absolute atomic E-state index is 0.0300. The number of nitrogens with zero attached hydrogens (tertiary/aromatic N) is 4. The molecule has 0 unspecified atom stereocenters. The van der Waals surface area contributed by atoms with E-state index in [4.69, 9.17) is 9.97 Å². The van der Waals surface area contributed by atoms with E-state index in [0.717, 1.165) is 66.6 Å². The Kier molecular flexibility index (Phi) is 8.00. The molecule has 5 nitrogen and oxygen atoms in total. The summed E-state index contributed by atoms with van der Waals surface area (Å²) < 4.78 is 3.43. The van der Waals surface area contributed by atoms with E-state index in [0.29, 0.717) is 5.82 Å². The molecule has 10 aromatic rings. The summed E-state index contributed by atoms with van der Waals surface area (Å²) in [5, 5.41) is 4.67. The molecule has 0 amide bonds. The Balaban J connectivity index is 1.10. The highest BCUT2D eigenvalue weighted by molar-refractivity contribution is 6.21. The topological polar surface area (TPSA) is 52.7 Å². The number of aromatic nitrogens is 4. The van der Waals surface area contributed by atoms with Crippen LogP contribution < -0.4 is 5.69 Å². The van der Waals surface area contributed by atoms with Gasteiger partial charge in [0.2, 0.25) is 0 Å². The average molecular weight is 721 g/mol. The van der Waals surface area contributed by atoms with Crippen molar-refractivity contribution in [3.63, 3.8) is 0 Å². The first-order valence-corrected chi connectivity index (χ1v) is 18.8. The van der Waals surface area contributed by atoms with Crippen LogP contribution in [-0.4, -0.2) is 19.1 Å². The van der Waals surface area contributed by atoms with Gasteiger partial charge >= 0.3 is 5.69 Å². The van der Waals surface area contributed by atoms with Crippen LogP contribution in [-0.2, 0) is 14.1 Å². The number of hydrogen-bond donors (Lipinski definition) is 0. The summed E-state index contributed by atoms with van der Waals surface area (Å²) in [6, 6.07) is 63.7. The lowest BCUT2D eigenvalue weighted by Gasteiger charge is -2.18. The maximum atomic E-state index is 12.8. The second-order valence-corrected chi connectivity index (χ2v) is 14.3. The number of fused-ring (bicyclic) bond motifs is 3. The minimum Gasteiger partial charge on any atom is -0.295 e. The van der Waals surface area contributed by atoms with Gasteiger partial charge in [0.1, 0.15) is 0 Å². The highest BCUT2D eigenvalue weighted by Crippen LogP contribution is 2.44. The second kappa shape index (κ2) is 13.5. The van der Waals surface area contributed by atoms with Gasteiger partial charge in [-0.15, -0.1) is 0 Å². The summed E-state index contributed by atoms with van der Waals surface area (Å²) in [6.07, 6.45) is 0. The molecule has 0 atom stereocenters. The van der Waals surface area contributed by atoms with Crippen LogP contribution in [0.5, 0.6) is 0 Å². The van der Waals surface area contributed by atoms with Crippen molar-refractivity contribution >= 4 is 32.6 Å². The molecule has 0 aliphatic heterocycles. The quantitative estimate of drug-likeness (QED) is 0.161. The lowest BCUT2D eigenvalue weighted by Crippen LogP contribution is -2.19. The predicted molar refractivity (Wildman–Crippen MR) is 231 cm³/mol. The Morgan fingerprint density at radius 3 is 1.29 bits per heavy atom. The number of aryl methyl sites for hydroxylation is 2. The molecule has 2 heterocycles. The van der Waals surface area contributed by atoms with E-state index in [1.165, 1.54) is 27.5 Å². The zero-order chi connectivity index (χ0) is 37.8. The zero-order valence-electron chi connectivity index (χ0n) is 31.0. The molecule has 0 aliphatic rings. The van der Waals surface area contributed by atoms with E-state index in [1.807, 2.05) is 38.4 Å². The molecule has 56 heavy (non-hydrogen) atoms. The third-order valence-corrected chi connectivity index (χ3v) is 11.0. The van der Waals surface area contributed by atoms with Crippen LogP contribution in [0.4, 0.5) is 0 Å². The summed E-state index contributed by atoms with van der Waals surface area (Å²) in [4.78, 5) is 23.0. The fourth-order valence-corrected chi connectivity index (χ4v) is 8.14. The average Bonchev–Trinajstić information content (AvgIpc) is 3.48. The third-order valence-electron chi connectivity index (χ3n) is 11.0. The number of rotatable bonds is 6. The van der Waals surface area contributed by atoms with Gasteiger partial charge in [0.25, 0.3) is 0 Å². The van der Waals surface area contributed by atoms with Crippen molar-refractivity contribution < 1.29 is 0 Å². The van der Waals surface area contributed by atoms with E-state index in [9.17, 15) is 4.79 Å². The maximum absolute atomic E-state index is 12.8. The third kappa shape index (κ3) is 5.60. The van der Waals surface area contributed by atoms with E-state index >= 15 is 0 Å². The van der Waals surface area contributed by atoms with Gasteiger partial charge in [0, 0.05) is 30.8 Å². The Bertz CT molecular complexity index is 3090. The molecule has 10 rings (SSSR count). The zero-order valence-corrected chi connectivity index (χ0v) is 31.0. The molecule has 0 bridgehead atoms. The second-order valence-electron chi connectivity index (χ2n) is 14.3. The molecule has 0 saturated heterocycles. The summed E-state index contributed by atoms with van der Waals surface area (Å²) in [6.45, 7) is 0. The summed E-state index contributed by atoms with van der Waals surface area (Å²) in [5.74, 6) is 0.690. The van der Waals surface area contributed by atoms with Gasteiger partial charge in [0.15, 0.2) is 5.82 Å². The first-order chi connectivity index (χ1) is 27.5. The van der Waals surface area contributed by atoms with E-state index in [1.54, 1.807) is 9.13 Å².